The third kappa shape index (κ3) is 6.05. The standard InChI is InChI=1S/C20H11F6NO4S2/c21-19(22,23)12-4-10(5-13(7-12)20(24,25)26)9-1-2-14(31-8-16(28)29)11(3-9)6-15-17(30)27-18(32)33-15/h1-7H,8H2,(H,28,29)(H,27,30,32)/b15-6-. The first-order chi connectivity index (χ1) is 15.2. The second-order valence-corrected chi connectivity index (χ2v) is 8.30. The first kappa shape index (κ1) is 24.6. The van der Waals surface area contributed by atoms with Gasteiger partial charge < -0.3 is 15.2 Å². The van der Waals surface area contributed by atoms with Crippen LogP contribution < -0.4 is 10.1 Å². The van der Waals surface area contributed by atoms with Crippen molar-refractivity contribution in [3.8, 4) is 16.9 Å². The molecule has 2 aromatic carbocycles. The number of aliphatic carboxylic acids is 1. The van der Waals surface area contributed by atoms with Gasteiger partial charge in [0, 0.05) is 5.56 Å². The van der Waals surface area contributed by atoms with E-state index >= 15 is 0 Å². The molecule has 1 amide bonds. The van der Waals surface area contributed by atoms with Crippen molar-refractivity contribution in [2.75, 3.05) is 6.61 Å². The molecule has 1 aliphatic rings. The Morgan fingerprint density at radius 3 is 2.12 bits per heavy atom. The predicted molar refractivity (Wildman–Crippen MR) is 111 cm³/mol. The molecule has 1 heterocycles. The van der Waals surface area contributed by atoms with E-state index < -0.39 is 42.0 Å². The molecule has 2 aromatic rings. The van der Waals surface area contributed by atoms with E-state index in [0.29, 0.717) is 12.1 Å². The number of ether oxygens (including phenoxy) is 1. The summed E-state index contributed by atoms with van der Waals surface area (Å²) in [6, 6.07) is 4.69. The van der Waals surface area contributed by atoms with Crippen molar-refractivity contribution in [1.29, 1.82) is 0 Å². The van der Waals surface area contributed by atoms with Gasteiger partial charge in [-0.15, -0.1) is 0 Å². The molecule has 174 valence electrons. The molecule has 0 aliphatic carbocycles. The molecule has 0 spiro atoms. The van der Waals surface area contributed by atoms with Crippen LogP contribution in [0, 0.1) is 0 Å². The highest BCUT2D eigenvalue weighted by Crippen LogP contribution is 2.40. The SMILES string of the molecule is O=C(O)COc1ccc(-c2cc(C(F)(F)F)cc(C(F)(F)F)c2)cc1/C=C1\SC(=S)NC1=O. The Morgan fingerprint density at radius 1 is 1.03 bits per heavy atom. The Labute approximate surface area is 191 Å². The number of benzene rings is 2. The highest BCUT2D eigenvalue weighted by molar-refractivity contribution is 8.26. The molecule has 1 saturated heterocycles. The van der Waals surface area contributed by atoms with Gasteiger partial charge in [-0.05, 0) is 47.5 Å². The number of amides is 1. The van der Waals surface area contributed by atoms with Crippen LogP contribution in [0.15, 0.2) is 41.3 Å². The van der Waals surface area contributed by atoms with E-state index in [9.17, 15) is 35.9 Å². The number of alkyl halides is 6. The van der Waals surface area contributed by atoms with Gasteiger partial charge in [-0.1, -0.05) is 30.0 Å². The zero-order valence-corrected chi connectivity index (χ0v) is 17.6. The summed E-state index contributed by atoms with van der Waals surface area (Å²) in [6.45, 7) is -0.769. The molecule has 0 unspecified atom stereocenters. The zero-order valence-electron chi connectivity index (χ0n) is 16.0. The molecule has 0 aromatic heterocycles. The number of nitrogens with one attached hydrogen (secondary N) is 1. The minimum atomic E-state index is -5.03. The lowest BCUT2D eigenvalue weighted by Gasteiger charge is -2.15. The number of carboxylic acids is 1. The quantitative estimate of drug-likeness (QED) is 0.323. The van der Waals surface area contributed by atoms with Crippen LogP contribution in [0.1, 0.15) is 16.7 Å². The Balaban J connectivity index is 2.16. The van der Waals surface area contributed by atoms with E-state index in [1.165, 1.54) is 24.3 Å². The van der Waals surface area contributed by atoms with Crippen LogP contribution in [0.5, 0.6) is 5.75 Å². The largest absolute Gasteiger partial charge is 0.481 e. The summed E-state index contributed by atoms with van der Waals surface area (Å²) in [5.74, 6) is -1.94. The van der Waals surface area contributed by atoms with Gasteiger partial charge in [-0.25, -0.2) is 4.79 Å². The molecule has 5 nitrogen and oxygen atoms in total. The first-order valence-corrected chi connectivity index (χ1v) is 10.00. The fourth-order valence-corrected chi connectivity index (χ4v) is 3.83. The van der Waals surface area contributed by atoms with E-state index in [-0.39, 0.29) is 37.7 Å². The molecule has 0 bridgehead atoms. The van der Waals surface area contributed by atoms with Crippen LogP contribution in [0.25, 0.3) is 17.2 Å². The molecule has 3 rings (SSSR count). The summed E-state index contributed by atoms with van der Waals surface area (Å²) >= 11 is 5.75. The van der Waals surface area contributed by atoms with Crippen LogP contribution >= 0.6 is 24.0 Å². The van der Waals surface area contributed by atoms with Gasteiger partial charge in [0.2, 0.25) is 0 Å². The van der Waals surface area contributed by atoms with Crippen LogP contribution in [-0.2, 0) is 21.9 Å². The monoisotopic (exact) mass is 507 g/mol. The lowest BCUT2D eigenvalue weighted by molar-refractivity contribution is -0.143. The third-order valence-corrected chi connectivity index (χ3v) is 5.37. The molecule has 0 radical (unpaired) electrons. The van der Waals surface area contributed by atoms with E-state index in [1.807, 2.05) is 0 Å². The average molecular weight is 507 g/mol. The first-order valence-electron chi connectivity index (χ1n) is 8.77. The summed E-state index contributed by atoms with van der Waals surface area (Å²) in [5, 5.41) is 11.2. The molecule has 33 heavy (non-hydrogen) atoms. The predicted octanol–water partition coefficient (Wildman–Crippen LogP) is 5.34. The van der Waals surface area contributed by atoms with Crippen molar-refractivity contribution in [3.63, 3.8) is 0 Å². The summed E-state index contributed by atoms with van der Waals surface area (Å²) < 4.78 is 84.5. The molecule has 1 aliphatic heterocycles. The molecule has 13 heteroatoms. The zero-order chi connectivity index (χ0) is 24.6. The van der Waals surface area contributed by atoms with Crippen molar-refractivity contribution in [1.82, 2.24) is 5.32 Å². The fourth-order valence-electron chi connectivity index (χ4n) is 2.80. The Bertz CT molecular complexity index is 1140. The summed E-state index contributed by atoms with van der Waals surface area (Å²) in [4.78, 5) is 22.9. The molecule has 0 atom stereocenters. The van der Waals surface area contributed by atoms with Crippen molar-refractivity contribution in [2.24, 2.45) is 0 Å². The lowest BCUT2D eigenvalue weighted by atomic mass is 9.97. The third-order valence-electron chi connectivity index (χ3n) is 4.21. The van der Waals surface area contributed by atoms with Gasteiger partial charge in [-0.3, -0.25) is 4.79 Å². The number of carbonyl (C=O) groups excluding carboxylic acids is 1. The van der Waals surface area contributed by atoms with Crippen molar-refractivity contribution >= 4 is 46.3 Å². The minimum absolute atomic E-state index is 0.0111. The second kappa shape index (κ2) is 9.06. The smallest absolute Gasteiger partial charge is 0.416 e. The number of rotatable bonds is 5. The number of halogens is 6. The van der Waals surface area contributed by atoms with Gasteiger partial charge in [-0.2, -0.15) is 26.3 Å². The maximum atomic E-state index is 13.2. The van der Waals surface area contributed by atoms with Crippen molar-refractivity contribution in [2.45, 2.75) is 12.4 Å². The second-order valence-electron chi connectivity index (χ2n) is 6.58. The van der Waals surface area contributed by atoms with Crippen LogP contribution in [0.2, 0.25) is 0 Å². The van der Waals surface area contributed by atoms with Gasteiger partial charge in [0.1, 0.15) is 10.1 Å². The van der Waals surface area contributed by atoms with Crippen molar-refractivity contribution < 1.29 is 45.8 Å². The maximum absolute atomic E-state index is 13.2. The molecule has 1 fully saturated rings. The molecular formula is C20H11F6NO4S2. The van der Waals surface area contributed by atoms with E-state index in [0.717, 1.165) is 11.8 Å². The Morgan fingerprint density at radius 2 is 1.64 bits per heavy atom. The van der Waals surface area contributed by atoms with Crippen LogP contribution in [0.4, 0.5) is 26.3 Å². The fraction of sp³-hybridized carbons (Fsp3) is 0.150. The number of thiocarbonyl (C=S) groups is 1. The summed E-state index contributed by atoms with van der Waals surface area (Å²) in [7, 11) is 0. The molecular weight excluding hydrogens is 496 g/mol. The van der Waals surface area contributed by atoms with E-state index in [4.69, 9.17) is 22.1 Å². The van der Waals surface area contributed by atoms with E-state index in [2.05, 4.69) is 5.32 Å². The number of thioether (sulfide) groups is 1. The number of carboxylic acid groups (broad SMARTS) is 1. The Kier molecular flexibility index (Phi) is 6.75. The van der Waals surface area contributed by atoms with Gasteiger partial charge in [0.25, 0.3) is 5.91 Å². The summed E-state index contributed by atoms with van der Waals surface area (Å²) in [5.41, 5.74) is -3.36. The molecule has 0 saturated carbocycles. The normalized spacial score (nSPS) is 15.6. The summed E-state index contributed by atoms with van der Waals surface area (Å²) in [6.07, 6.45) is -8.81. The van der Waals surface area contributed by atoms with Crippen molar-refractivity contribution in [3.05, 3.63) is 58.0 Å². The van der Waals surface area contributed by atoms with Crippen LogP contribution in [-0.4, -0.2) is 27.9 Å². The highest BCUT2D eigenvalue weighted by atomic mass is 32.2. The van der Waals surface area contributed by atoms with Gasteiger partial charge in [0.05, 0.1) is 16.0 Å². The lowest BCUT2D eigenvalue weighted by Crippen LogP contribution is -2.17. The maximum Gasteiger partial charge on any atom is 0.416 e. The van der Waals surface area contributed by atoms with Gasteiger partial charge in [0.15, 0.2) is 6.61 Å². The molecule has 2 N–H and O–H groups in total. The number of carbonyl (C=O) groups is 2. The number of hydrogen-bond donors (Lipinski definition) is 2. The topological polar surface area (TPSA) is 75.6 Å². The highest BCUT2D eigenvalue weighted by Gasteiger charge is 2.37. The average Bonchev–Trinajstić information content (AvgIpc) is 3.02. The van der Waals surface area contributed by atoms with Gasteiger partial charge >= 0.3 is 18.3 Å². The minimum Gasteiger partial charge on any atom is -0.481 e. The van der Waals surface area contributed by atoms with Crippen LogP contribution in [0.3, 0.4) is 0 Å². The number of hydrogen-bond acceptors (Lipinski definition) is 5. The van der Waals surface area contributed by atoms with E-state index in [1.54, 1.807) is 0 Å². The Hall–Kier alpha value is -3.06.